The summed E-state index contributed by atoms with van der Waals surface area (Å²) in [6.07, 6.45) is 0.629. The number of hydrogen-bond acceptors (Lipinski definition) is 4. The molecule has 8 nitrogen and oxygen atoms in total. The minimum Gasteiger partial charge on any atom is -0.363 e. The first-order valence-corrected chi connectivity index (χ1v) is 8.30. The second-order valence-corrected chi connectivity index (χ2v) is 7.67. The molecule has 1 aromatic heterocycles. The minimum absolute atomic E-state index is 0.161. The molecular formula is C9H15NO7PS+. The quantitative estimate of drug-likeness (QED) is 0.319. The molecule has 0 aromatic carbocycles. The zero-order chi connectivity index (χ0) is 14.9. The maximum atomic E-state index is 11.2. The first kappa shape index (κ1) is 16.2. The van der Waals surface area contributed by atoms with Crippen LogP contribution in [0.25, 0.3) is 0 Å². The average molecular weight is 312 g/mol. The molecule has 4 N–H and O–H groups in total. The van der Waals surface area contributed by atoms with Crippen LogP contribution in [0.5, 0.6) is 0 Å². The van der Waals surface area contributed by atoms with Gasteiger partial charge < -0.3 is 14.9 Å². The molecular weight excluding hydrogens is 297 g/mol. The first-order chi connectivity index (χ1) is 8.53. The average Bonchev–Trinajstić information content (AvgIpc) is 2.26. The molecule has 1 unspecified atom stereocenters. The summed E-state index contributed by atoms with van der Waals surface area (Å²) in [5.74, 6) is 0. The van der Waals surface area contributed by atoms with Gasteiger partial charge in [0, 0.05) is 12.1 Å². The predicted octanol–water partition coefficient (Wildman–Crippen LogP) is -0.752. The molecule has 0 aliphatic rings. The molecule has 1 aromatic rings. The summed E-state index contributed by atoms with van der Waals surface area (Å²) in [4.78, 5) is 18.0. The van der Waals surface area contributed by atoms with E-state index in [2.05, 4.69) is 0 Å². The van der Waals surface area contributed by atoms with Crippen LogP contribution >= 0.6 is 7.60 Å². The fourth-order valence-corrected chi connectivity index (χ4v) is 3.46. The van der Waals surface area contributed by atoms with Gasteiger partial charge in [-0.1, -0.05) is 6.07 Å². The number of hydrogen-bond donors (Lipinski definition) is 4. The first-order valence-electron chi connectivity index (χ1n) is 5.25. The van der Waals surface area contributed by atoms with Crippen molar-refractivity contribution in [1.29, 1.82) is 0 Å². The highest BCUT2D eigenvalue weighted by molar-refractivity contribution is 7.94. The molecule has 0 fully saturated rings. The van der Waals surface area contributed by atoms with Crippen LogP contribution in [0.2, 0.25) is 0 Å². The number of aryl methyl sites for hydroxylation is 1. The summed E-state index contributed by atoms with van der Waals surface area (Å²) in [5.41, 5.74) is 0.161. The van der Waals surface area contributed by atoms with Gasteiger partial charge in [0.1, 0.15) is 6.54 Å². The van der Waals surface area contributed by atoms with E-state index in [1.54, 1.807) is 19.2 Å². The highest BCUT2D eigenvalue weighted by Crippen LogP contribution is 2.53. The minimum atomic E-state index is -5.50. The fourth-order valence-electron chi connectivity index (χ4n) is 1.56. The Bertz CT molecular complexity index is 611. The summed E-state index contributed by atoms with van der Waals surface area (Å²) < 4.78 is 40.3. The zero-order valence-corrected chi connectivity index (χ0v) is 11.8. The molecule has 0 radical (unpaired) electrons. The van der Waals surface area contributed by atoms with E-state index in [4.69, 9.17) is 14.3 Å². The highest BCUT2D eigenvalue weighted by Gasteiger charge is 2.58. The van der Waals surface area contributed by atoms with Crippen LogP contribution in [-0.2, 0) is 27.6 Å². The zero-order valence-electron chi connectivity index (χ0n) is 10.0. The van der Waals surface area contributed by atoms with Crippen molar-refractivity contribution in [1.82, 2.24) is 0 Å². The van der Waals surface area contributed by atoms with E-state index in [-0.39, 0.29) is 5.69 Å². The maximum absolute atomic E-state index is 11.2. The van der Waals surface area contributed by atoms with Crippen molar-refractivity contribution in [3.8, 4) is 0 Å². The van der Waals surface area contributed by atoms with E-state index in [1.807, 2.05) is 0 Å². The van der Waals surface area contributed by atoms with Crippen LogP contribution in [0.1, 0.15) is 12.6 Å². The van der Waals surface area contributed by atoms with Gasteiger partial charge in [-0.15, -0.1) is 0 Å². The highest BCUT2D eigenvalue weighted by atomic mass is 32.2. The molecule has 0 aliphatic carbocycles. The Labute approximate surface area is 110 Å². The molecule has 10 heteroatoms. The molecule has 0 saturated carbocycles. The summed E-state index contributed by atoms with van der Waals surface area (Å²) in [5, 5.41) is 9.74. The third-order valence-electron chi connectivity index (χ3n) is 2.66. The lowest BCUT2D eigenvalue weighted by atomic mass is 10.2. The Kier molecular flexibility index (Phi) is 4.51. The lowest BCUT2D eigenvalue weighted by Crippen LogP contribution is -2.46. The van der Waals surface area contributed by atoms with Crippen LogP contribution in [-0.4, -0.2) is 32.5 Å². The van der Waals surface area contributed by atoms with Crippen molar-refractivity contribution < 1.29 is 37.0 Å². The van der Waals surface area contributed by atoms with Gasteiger partial charge in [-0.3, -0.25) is 9.12 Å². The summed E-state index contributed by atoms with van der Waals surface area (Å²) in [7, 11) is -10.9. The van der Waals surface area contributed by atoms with Crippen molar-refractivity contribution in [2.24, 2.45) is 0 Å². The molecule has 0 bridgehead atoms. The Morgan fingerprint density at radius 1 is 1.37 bits per heavy atom. The normalized spacial score (nSPS) is 16.1. The smallest absolute Gasteiger partial charge is 0.363 e. The summed E-state index contributed by atoms with van der Waals surface area (Å²) in [6.45, 7) is 2.13. The van der Waals surface area contributed by atoms with Crippen LogP contribution in [0.3, 0.4) is 0 Å². The van der Waals surface area contributed by atoms with Crippen molar-refractivity contribution in [2.75, 3.05) is 0 Å². The monoisotopic (exact) mass is 312 g/mol. The predicted molar refractivity (Wildman–Crippen MR) is 64.6 cm³/mol. The second kappa shape index (κ2) is 5.28. The maximum Gasteiger partial charge on any atom is 0.375 e. The van der Waals surface area contributed by atoms with E-state index in [0.717, 1.165) is 0 Å². The summed E-state index contributed by atoms with van der Waals surface area (Å²) in [6, 6.07) is 4.55. The van der Waals surface area contributed by atoms with Crippen molar-refractivity contribution in [2.45, 2.75) is 24.6 Å². The number of nitrogens with zero attached hydrogens (tertiary/aromatic N) is 1. The molecule has 0 spiro atoms. The van der Waals surface area contributed by atoms with Gasteiger partial charge in [-0.25, -0.2) is 4.57 Å². The Morgan fingerprint density at radius 2 is 1.95 bits per heavy atom. The lowest BCUT2D eigenvalue weighted by molar-refractivity contribution is -0.701. The van der Waals surface area contributed by atoms with Gasteiger partial charge >= 0.3 is 22.4 Å². The van der Waals surface area contributed by atoms with Gasteiger partial charge in [0.25, 0.3) is 0 Å². The topological polar surface area (TPSA) is 136 Å². The standard InChI is InChI=1S/C9H14NO7PS/c1-2-10-6-4-3-5-8(10)7-9(11,18(12,13)14)19(15,16)17/h3-6,11H,2,7H2,1H3,(H2-,12,13,14,15,16,17)/p+1. The molecule has 1 heterocycles. The van der Waals surface area contributed by atoms with Crippen LogP contribution in [0.4, 0.5) is 0 Å². The Balaban J connectivity index is 3.36. The Morgan fingerprint density at radius 3 is 2.37 bits per heavy atom. The Hall–Kier alpha value is -0.830. The van der Waals surface area contributed by atoms with E-state index in [1.165, 1.54) is 16.7 Å². The third kappa shape index (κ3) is 3.19. The van der Waals surface area contributed by atoms with Crippen molar-refractivity contribution in [3.63, 3.8) is 0 Å². The molecule has 0 amide bonds. The lowest BCUT2D eigenvalue weighted by Gasteiger charge is -2.24. The van der Waals surface area contributed by atoms with E-state index in [0.29, 0.717) is 6.54 Å². The number of aromatic nitrogens is 1. The second-order valence-electron chi connectivity index (χ2n) is 3.92. The van der Waals surface area contributed by atoms with Gasteiger partial charge in [0.2, 0.25) is 0 Å². The van der Waals surface area contributed by atoms with Crippen LogP contribution in [0.15, 0.2) is 24.4 Å². The van der Waals surface area contributed by atoms with E-state index < -0.39 is 28.8 Å². The SMILES string of the molecule is CC[n+]1ccccc1CC(O)(P(=O)(O)O)S(=O)(=O)O. The molecule has 19 heavy (non-hydrogen) atoms. The number of aliphatic hydroxyl groups is 1. The molecule has 0 aliphatic heterocycles. The molecule has 0 saturated heterocycles. The molecule has 108 valence electrons. The van der Waals surface area contributed by atoms with Gasteiger partial charge in [0.05, 0.1) is 6.42 Å². The van der Waals surface area contributed by atoms with Crippen LogP contribution in [0, 0.1) is 0 Å². The van der Waals surface area contributed by atoms with Crippen molar-refractivity contribution in [3.05, 3.63) is 30.1 Å². The number of rotatable bonds is 5. The van der Waals surface area contributed by atoms with Gasteiger partial charge in [-0.05, 0) is 6.92 Å². The molecule has 1 rings (SSSR count). The number of pyridine rings is 1. The van der Waals surface area contributed by atoms with Gasteiger partial charge in [-0.2, -0.15) is 8.42 Å². The largest absolute Gasteiger partial charge is 0.375 e. The van der Waals surface area contributed by atoms with Gasteiger partial charge in [0.15, 0.2) is 11.9 Å². The van der Waals surface area contributed by atoms with E-state index >= 15 is 0 Å². The fraction of sp³-hybridized carbons (Fsp3) is 0.444. The van der Waals surface area contributed by atoms with Crippen molar-refractivity contribution >= 4 is 17.7 Å². The summed E-state index contributed by atoms with van der Waals surface area (Å²) >= 11 is 0. The van der Waals surface area contributed by atoms with E-state index in [9.17, 15) is 18.1 Å². The molecule has 1 atom stereocenters. The third-order valence-corrected chi connectivity index (χ3v) is 6.10. The van der Waals surface area contributed by atoms with Crippen LogP contribution < -0.4 is 4.57 Å².